The van der Waals surface area contributed by atoms with Crippen molar-refractivity contribution >= 4 is 35.6 Å². The normalized spacial score (nSPS) is 20.5. The van der Waals surface area contributed by atoms with Crippen molar-refractivity contribution in [3.8, 4) is 0 Å². The highest BCUT2D eigenvalue weighted by molar-refractivity contribution is 5.96. The number of benzene rings is 1. The molecule has 23 heavy (non-hydrogen) atoms. The zero-order valence-corrected chi connectivity index (χ0v) is 14.8. The van der Waals surface area contributed by atoms with E-state index in [1.165, 1.54) is 0 Å². The Labute approximate surface area is 144 Å². The standard InChI is InChI=1S/C17H25N3O2.ClH/c1-12(2)15(21)19-13-5-7-14(8-6-13)20-16(22)17(3)9-4-10-18-11-17;/h5-8,12,18H,4,9-11H2,1-3H3,(H,19,21)(H,20,22);1H. The molecule has 6 heteroatoms. The second kappa shape index (κ2) is 8.31. The highest BCUT2D eigenvalue weighted by Crippen LogP contribution is 2.27. The zero-order valence-electron chi connectivity index (χ0n) is 13.9. The van der Waals surface area contributed by atoms with E-state index in [0.29, 0.717) is 6.54 Å². The van der Waals surface area contributed by atoms with Gasteiger partial charge >= 0.3 is 0 Å². The second-order valence-electron chi connectivity index (χ2n) is 6.52. The molecule has 1 aromatic carbocycles. The number of carbonyl (C=O) groups excluding carboxylic acids is 2. The van der Waals surface area contributed by atoms with Gasteiger partial charge in [-0.05, 0) is 50.6 Å². The maximum Gasteiger partial charge on any atom is 0.231 e. The lowest BCUT2D eigenvalue weighted by Gasteiger charge is -2.32. The highest BCUT2D eigenvalue weighted by Gasteiger charge is 2.34. The maximum atomic E-state index is 12.4. The van der Waals surface area contributed by atoms with E-state index in [9.17, 15) is 9.59 Å². The molecule has 0 aliphatic carbocycles. The largest absolute Gasteiger partial charge is 0.326 e. The molecule has 0 radical (unpaired) electrons. The van der Waals surface area contributed by atoms with Crippen molar-refractivity contribution in [1.29, 1.82) is 0 Å². The third kappa shape index (κ3) is 5.22. The van der Waals surface area contributed by atoms with Crippen LogP contribution in [0.1, 0.15) is 33.6 Å². The van der Waals surface area contributed by atoms with Gasteiger partial charge in [-0.3, -0.25) is 9.59 Å². The average Bonchev–Trinajstić information content (AvgIpc) is 2.49. The number of rotatable bonds is 4. The number of piperidine rings is 1. The number of hydrogen-bond donors (Lipinski definition) is 3. The molecule has 1 heterocycles. The summed E-state index contributed by atoms with van der Waals surface area (Å²) >= 11 is 0. The van der Waals surface area contributed by atoms with E-state index in [1.807, 2.05) is 32.9 Å². The van der Waals surface area contributed by atoms with E-state index in [1.54, 1.807) is 12.1 Å². The van der Waals surface area contributed by atoms with Crippen LogP contribution in [0.5, 0.6) is 0 Å². The van der Waals surface area contributed by atoms with E-state index < -0.39 is 0 Å². The van der Waals surface area contributed by atoms with E-state index in [0.717, 1.165) is 30.8 Å². The van der Waals surface area contributed by atoms with Gasteiger partial charge in [0.2, 0.25) is 11.8 Å². The first kappa shape index (κ1) is 19.5. The third-order valence-corrected chi connectivity index (χ3v) is 4.08. The van der Waals surface area contributed by atoms with Crippen LogP contribution < -0.4 is 16.0 Å². The Hall–Kier alpha value is -1.59. The zero-order chi connectivity index (χ0) is 16.2. The summed E-state index contributed by atoms with van der Waals surface area (Å²) in [4.78, 5) is 24.1. The van der Waals surface area contributed by atoms with Gasteiger partial charge in [-0.15, -0.1) is 12.4 Å². The summed E-state index contributed by atoms with van der Waals surface area (Å²) in [6, 6.07) is 7.23. The van der Waals surface area contributed by atoms with Gasteiger partial charge in [-0.1, -0.05) is 13.8 Å². The topological polar surface area (TPSA) is 70.2 Å². The predicted molar refractivity (Wildman–Crippen MR) is 96.0 cm³/mol. The Bertz CT molecular complexity index is 537. The third-order valence-electron chi connectivity index (χ3n) is 4.08. The van der Waals surface area contributed by atoms with Crippen LogP contribution in [-0.2, 0) is 9.59 Å². The van der Waals surface area contributed by atoms with Crippen molar-refractivity contribution in [3.63, 3.8) is 0 Å². The molecule has 1 saturated heterocycles. The number of halogens is 1. The molecule has 0 aromatic heterocycles. The number of anilines is 2. The van der Waals surface area contributed by atoms with E-state index in [-0.39, 0.29) is 35.6 Å². The highest BCUT2D eigenvalue weighted by atomic mass is 35.5. The molecule has 1 unspecified atom stereocenters. The average molecular weight is 340 g/mol. The Balaban J connectivity index is 0.00000264. The van der Waals surface area contributed by atoms with Crippen LogP contribution >= 0.6 is 12.4 Å². The van der Waals surface area contributed by atoms with Crippen molar-refractivity contribution in [1.82, 2.24) is 5.32 Å². The number of nitrogens with one attached hydrogen (secondary N) is 3. The number of carbonyl (C=O) groups is 2. The van der Waals surface area contributed by atoms with Crippen LogP contribution in [0.15, 0.2) is 24.3 Å². The lowest BCUT2D eigenvalue weighted by Crippen LogP contribution is -2.46. The van der Waals surface area contributed by atoms with Crippen molar-refractivity contribution in [2.24, 2.45) is 11.3 Å². The first-order chi connectivity index (χ1) is 10.4. The Morgan fingerprint density at radius 2 is 1.70 bits per heavy atom. The van der Waals surface area contributed by atoms with Crippen molar-refractivity contribution in [2.45, 2.75) is 33.6 Å². The Morgan fingerprint density at radius 1 is 1.13 bits per heavy atom. The fourth-order valence-electron chi connectivity index (χ4n) is 2.46. The van der Waals surface area contributed by atoms with Gasteiger partial charge < -0.3 is 16.0 Å². The summed E-state index contributed by atoms with van der Waals surface area (Å²) < 4.78 is 0. The molecule has 1 aromatic rings. The summed E-state index contributed by atoms with van der Waals surface area (Å²) in [6.07, 6.45) is 1.92. The van der Waals surface area contributed by atoms with Gasteiger partial charge in [0.1, 0.15) is 0 Å². The molecule has 1 aliphatic heterocycles. The minimum Gasteiger partial charge on any atom is -0.326 e. The first-order valence-corrected chi connectivity index (χ1v) is 7.84. The Kier molecular flexibility index (Phi) is 7.03. The predicted octanol–water partition coefficient (Wildman–Crippen LogP) is 3.03. The summed E-state index contributed by atoms with van der Waals surface area (Å²) in [5, 5.41) is 9.07. The van der Waals surface area contributed by atoms with Crippen molar-refractivity contribution in [2.75, 3.05) is 23.7 Å². The summed E-state index contributed by atoms with van der Waals surface area (Å²) in [6.45, 7) is 7.38. The van der Waals surface area contributed by atoms with Gasteiger partial charge in [0.15, 0.2) is 0 Å². The fraction of sp³-hybridized carbons (Fsp3) is 0.529. The van der Waals surface area contributed by atoms with Crippen molar-refractivity contribution < 1.29 is 9.59 Å². The molecule has 1 atom stereocenters. The SMILES string of the molecule is CC(C)C(=O)Nc1ccc(NC(=O)C2(C)CCCNC2)cc1.Cl. The summed E-state index contributed by atoms with van der Waals surface area (Å²) in [5.74, 6) is -0.0330. The van der Waals surface area contributed by atoms with Gasteiger partial charge in [-0.25, -0.2) is 0 Å². The molecule has 0 saturated carbocycles. The van der Waals surface area contributed by atoms with Crippen LogP contribution in [0.25, 0.3) is 0 Å². The molecule has 2 rings (SSSR count). The molecule has 0 spiro atoms. The lowest BCUT2D eigenvalue weighted by molar-refractivity contribution is -0.125. The lowest BCUT2D eigenvalue weighted by atomic mass is 9.82. The van der Waals surface area contributed by atoms with Gasteiger partial charge in [-0.2, -0.15) is 0 Å². The van der Waals surface area contributed by atoms with Crippen LogP contribution in [-0.4, -0.2) is 24.9 Å². The molecular formula is C17H26ClN3O2. The fourth-order valence-corrected chi connectivity index (χ4v) is 2.46. The minimum absolute atomic E-state index is 0. The van der Waals surface area contributed by atoms with Gasteiger partial charge in [0.05, 0.1) is 5.41 Å². The van der Waals surface area contributed by atoms with Crippen LogP contribution in [0, 0.1) is 11.3 Å². The van der Waals surface area contributed by atoms with Gasteiger partial charge in [0.25, 0.3) is 0 Å². The number of hydrogen-bond acceptors (Lipinski definition) is 3. The molecular weight excluding hydrogens is 314 g/mol. The monoisotopic (exact) mass is 339 g/mol. The minimum atomic E-state index is -0.358. The van der Waals surface area contributed by atoms with E-state index in [4.69, 9.17) is 0 Å². The van der Waals surface area contributed by atoms with Crippen LogP contribution in [0.3, 0.4) is 0 Å². The van der Waals surface area contributed by atoms with Crippen molar-refractivity contribution in [3.05, 3.63) is 24.3 Å². The maximum absolute atomic E-state index is 12.4. The quantitative estimate of drug-likeness (QED) is 0.789. The first-order valence-electron chi connectivity index (χ1n) is 7.84. The number of amides is 2. The molecule has 2 amide bonds. The molecule has 3 N–H and O–H groups in total. The van der Waals surface area contributed by atoms with Crippen LogP contribution in [0.4, 0.5) is 11.4 Å². The van der Waals surface area contributed by atoms with Gasteiger partial charge in [0, 0.05) is 23.8 Å². The molecule has 5 nitrogen and oxygen atoms in total. The second-order valence-corrected chi connectivity index (χ2v) is 6.52. The smallest absolute Gasteiger partial charge is 0.231 e. The summed E-state index contributed by atoms with van der Waals surface area (Å²) in [5.41, 5.74) is 1.13. The van der Waals surface area contributed by atoms with E-state index >= 15 is 0 Å². The Morgan fingerprint density at radius 3 is 2.17 bits per heavy atom. The molecule has 0 bridgehead atoms. The van der Waals surface area contributed by atoms with Crippen LogP contribution in [0.2, 0.25) is 0 Å². The summed E-state index contributed by atoms with van der Waals surface area (Å²) in [7, 11) is 0. The van der Waals surface area contributed by atoms with E-state index in [2.05, 4.69) is 16.0 Å². The molecule has 128 valence electrons. The molecule has 1 fully saturated rings. The molecule has 1 aliphatic rings.